The largest absolute Gasteiger partial charge is 0.355 e. The number of nitriles is 1. The van der Waals surface area contributed by atoms with E-state index in [4.69, 9.17) is 10.00 Å². The first-order valence-electron chi connectivity index (χ1n) is 8.06. The van der Waals surface area contributed by atoms with Crippen molar-refractivity contribution in [1.29, 1.82) is 5.26 Å². The molecule has 0 spiro atoms. The minimum Gasteiger partial charge on any atom is -0.355 e. The van der Waals surface area contributed by atoms with Gasteiger partial charge in [0.05, 0.1) is 0 Å². The quantitative estimate of drug-likeness (QED) is 0.454. The highest BCUT2D eigenvalue weighted by Gasteiger charge is 2.31. The van der Waals surface area contributed by atoms with E-state index in [1.54, 1.807) is 6.07 Å². The minimum absolute atomic E-state index is 0.255. The lowest BCUT2D eigenvalue weighted by atomic mass is 9.89. The molecule has 0 aromatic rings. The first kappa shape index (κ1) is 20.3. The molecule has 4 heteroatoms. The smallest absolute Gasteiger partial charge is 0.210 e. The second-order valence-corrected chi connectivity index (χ2v) is 7.01. The van der Waals surface area contributed by atoms with Gasteiger partial charge in [0.2, 0.25) is 5.60 Å². The predicted octanol–water partition coefficient (Wildman–Crippen LogP) is 5.37. The van der Waals surface area contributed by atoms with E-state index in [1.807, 2.05) is 0 Å². The highest BCUT2D eigenvalue weighted by Crippen LogP contribution is 2.22. The molecule has 0 rings (SSSR count). The molecular weight excluding hydrogens is 272 g/mol. The number of hydrogen-bond donors (Lipinski definition) is 0. The molecule has 0 saturated heterocycles. The van der Waals surface area contributed by atoms with Crippen molar-refractivity contribution in [1.82, 2.24) is 0 Å². The van der Waals surface area contributed by atoms with Crippen LogP contribution in [0, 0.1) is 16.7 Å². The molecule has 0 aromatic carbocycles. The molecule has 0 fully saturated rings. The van der Waals surface area contributed by atoms with Crippen LogP contribution in [0.1, 0.15) is 72.1 Å². The monoisotopic (exact) mass is 303 g/mol. The molecule has 0 amide bonds. The fourth-order valence-electron chi connectivity index (χ4n) is 2.11. The summed E-state index contributed by atoms with van der Waals surface area (Å²) in [5.74, 6) is 0. The summed E-state index contributed by atoms with van der Waals surface area (Å²) in [4.78, 5) is 0. The van der Waals surface area contributed by atoms with Gasteiger partial charge in [0, 0.05) is 6.61 Å². The summed E-state index contributed by atoms with van der Waals surface area (Å²) < 4.78 is 30.2. The Morgan fingerprint density at radius 3 is 1.76 bits per heavy atom. The van der Waals surface area contributed by atoms with Gasteiger partial charge in [-0.05, 0) is 18.3 Å². The third-order valence-electron chi connectivity index (χ3n) is 3.58. The standard InChI is InChI=1S/C17H31F2NO/c1-16(2,3)11-9-7-5-4-6-8-10-12-21-17(13-18,14-19)15-20/h4-14H2,1-3H3. The number of ether oxygens (including phenoxy) is 1. The van der Waals surface area contributed by atoms with Crippen LogP contribution in [0.5, 0.6) is 0 Å². The van der Waals surface area contributed by atoms with Gasteiger partial charge >= 0.3 is 0 Å². The Balaban J connectivity index is 3.43. The second kappa shape index (κ2) is 11.0. The van der Waals surface area contributed by atoms with E-state index >= 15 is 0 Å². The van der Waals surface area contributed by atoms with E-state index in [0.717, 1.165) is 19.3 Å². The molecule has 0 N–H and O–H groups in total. The van der Waals surface area contributed by atoms with Crippen molar-refractivity contribution in [3.8, 4) is 6.07 Å². The van der Waals surface area contributed by atoms with Crippen LogP contribution in [0.2, 0.25) is 0 Å². The van der Waals surface area contributed by atoms with Crippen LogP contribution in [0.3, 0.4) is 0 Å². The molecule has 0 aliphatic heterocycles. The van der Waals surface area contributed by atoms with Crippen molar-refractivity contribution in [2.24, 2.45) is 5.41 Å². The van der Waals surface area contributed by atoms with Crippen molar-refractivity contribution in [2.45, 2.75) is 77.7 Å². The number of unbranched alkanes of at least 4 members (excludes halogenated alkanes) is 6. The van der Waals surface area contributed by atoms with Gasteiger partial charge in [-0.3, -0.25) is 0 Å². The van der Waals surface area contributed by atoms with Crippen molar-refractivity contribution in [3.63, 3.8) is 0 Å². The highest BCUT2D eigenvalue weighted by atomic mass is 19.1. The summed E-state index contributed by atoms with van der Waals surface area (Å²) in [6, 6.07) is 1.58. The molecule has 2 nitrogen and oxygen atoms in total. The fraction of sp³-hybridized carbons (Fsp3) is 0.941. The van der Waals surface area contributed by atoms with Crippen LogP contribution in [-0.2, 0) is 4.74 Å². The van der Waals surface area contributed by atoms with Gasteiger partial charge in [-0.2, -0.15) is 5.26 Å². The van der Waals surface area contributed by atoms with Crippen LogP contribution >= 0.6 is 0 Å². The Bertz CT molecular complexity index is 290. The third-order valence-corrected chi connectivity index (χ3v) is 3.58. The van der Waals surface area contributed by atoms with Gasteiger partial charge in [-0.25, -0.2) is 8.78 Å². The van der Waals surface area contributed by atoms with Crippen molar-refractivity contribution in [2.75, 3.05) is 20.0 Å². The van der Waals surface area contributed by atoms with E-state index in [2.05, 4.69) is 20.8 Å². The van der Waals surface area contributed by atoms with Gasteiger partial charge in [0.1, 0.15) is 19.4 Å². The van der Waals surface area contributed by atoms with Crippen LogP contribution in [0.15, 0.2) is 0 Å². The molecule has 0 unspecified atom stereocenters. The van der Waals surface area contributed by atoms with Crippen LogP contribution < -0.4 is 0 Å². The van der Waals surface area contributed by atoms with Gasteiger partial charge in [0.25, 0.3) is 0 Å². The maximum atomic E-state index is 12.6. The molecule has 0 heterocycles. The normalized spacial score (nSPS) is 12.4. The summed E-state index contributed by atoms with van der Waals surface area (Å²) in [6.45, 7) is 4.88. The number of hydrogen-bond acceptors (Lipinski definition) is 2. The average molecular weight is 303 g/mol. The molecule has 0 bridgehead atoms. The maximum Gasteiger partial charge on any atom is 0.210 e. The highest BCUT2D eigenvalue weighted by molar-refractivity contribution is 5.01. The van der Waals surface area contributed by atoms with E-state index in [0.29, 0.717) is 5.41 Å². The molecule has 0 atom stereocenters. The number of rotatable bonds is 12. The summed E-state index contributed by atoms with van der Waals surface area (Å²) in [5.41, 5.74) is -1.44. The number of halogens is 2. The maximum absolute atomic E-state index is 12.6. The second-order valence-electron chi connectivity index (χ2n) is 7.01. The van der Waals surface area contributed by atoms with E-state index in [-0.39, 0.29) is 6.61 Å². The molecule has 21 heavy (non-hydrogen) atoms. The first-order chi connectivity index (χ1) is 9.89. The third kappa shape index (κ3) is 10.6. The predicted molar refractivity (Wildman–Crippen MR) is 82.6 cm³/mol. The molecular formula is C17H31F2NO. The lowest BCUT2D eigenvalue weighted by Crippen LogP contribution is -2.36. The number of alkyl halides is 2. The molecule has 0 aliphatic rings. The summed E-state index contributed by atoms with van der Waals surface area (Å²) in [7, 11) is 0. The van der Waals surface area contributed by atoms with Crippen molar-refractivity contribution >= 4 is 0 Å². The van der Waals surface area contributed by atoms with Gasteiger partial charge in [-0.15, -0.1) is 0 Å². The number of nitrogens with zero attached hydrogens (tertiary/aromatic N) is 1. The SMILES string of the molecule is CC(C)(C)CCCCCCCCCOC(C#N)(CF)CF. The van der Waals surface area contributed by atoms with E-state index < -0.39 is 19.0 Å². The molecule has 0 saturated carbocycles. The van der Waals surface area contributed by atoms with Gasteiger partial charge in [0.15, 0.2) is 0 Å². The average Bonchev–Trinajstić information content (AvgIpc) is 2.44. The molecule has 0 radical (unpaired) electrons. The minimum atomic E-state index is -1.87. The zero-order valence-electron chi connectivity index (χ0n) is 13.9. The van der Waals surface area contributed by atoms with Crippen LogP contribution in [0.25, 0.3) is 0 Å². The van der Waals surface area contributed by atoms with Gasteiger partial charge < -0.3 is 4.74 Å². The first-order valence-corrected chi connectivity index (χ1v) is 8.06. The molecule has 0 aliphatic carbocycles. The lowest BCUT2D eigenvalue weighted by Gasteiger charge is -2.19. The summed E-state index contributed by atoms with van der Waals surface area (Å²) >= 11 is 0. The Morgan fingerprint density at radius 1 is 0.857 bits per heavy atom. The fourth-order valence-corrected chi connectivity index (χ4v) is 2.11. The van der Waals surface area contributed by atoms with Crippen molar-refractivity contribution in [3.05, 3.63) is 0 Å². The summed E-state index contributed by atoms with van der Waals surface area (Å²) in [6.07, 6.45) is 9.12. The zero-order valence-corrected chi connectivity index (χ0v) is 13.9. The Hall–Kier alpha value is -0.690. The Morgan fingerprint density at radius 2 is 1.33 bits per heavy atom. The van der Waals surface area contributed by atoms with Crippen molar-refractivity contribution < 1.29 is 13.5 Å². The van der Waals surface area contributed by atoms with Gasteiger partial charge in [-0.1, -0.05) is 59.3 Å². The summed E-state index contributed by atoms with van der Waals surface area (Å²) in [5, 5.41) is 8.70. The molecule has 124 valence electrons. The van der Waals surface area contributed by atoms with Crippen LogP contribution in [0.4, 0.5) is 8.78 Å². The van der Waals surface area contributed by atoms with E-state index in [1.165, 1.54) is 32.1 Å². The van der Waals surface area contributed by atoms with E-state index in [9.17, 15) is 8.78 Å². The Kier molecular flexibility index (Phi) is 10.6. The Labute approximate surface area is 128 Å². The lowest BCUT2D eigenvalue weighted by molar-refractivity contribution is -0.0355. The zero-order chi connectivity index (χ0) is 16.2. The van der Waals surface area contributed by atoms with Crippen LogP contribution in [-0.4, -0.2) is 25.6 Å². The topological polar surface area (TPSA) is 33.0 Å². The molecule has 0 aromatic heterocycles.